The van der Waals surface area contributed by atoms with E-state index in [-0.39, 0.29) is 37.5 Å². The van der Waals surface area contributed by atoms with Gasteiger partial charge in [0.1, 0.15) is 13.2 Å². The van der Waals surface area contributed by atoms with Crippen molar-refractivity contribution in [2.24, 2.45) is 0 Å². The zero-order chi connectivity index (χ0) is 43.7. The maximum Gasteiger partial charge on any atom is 0.306 e. The van der Waals surface area contributed by atoms with Gasteiger partial charge in [-0.3, -0.25) is 14.4 Å². The largest absolute Gasteiger partial charge is 0.462 e. The van der Waals surface area contributed by atoms with E-state index in [4.69, 9.17) is 14.2 Å². The molecule has 0 saturated carbocycles. The predicted octanol–water partition coefficient (Wildman–Crippen LogP) is 16.5. The molecule has 0 N–H and O–H groups in total. The number of hydrogen-bond donors (Lipinski definition) is 0. The molecule has 0 heterocycles. The fraction of sp³-hybridized carbons (Fsp3) is 0.759. The topological polar surface area (TPSA) is 78.9 Å². The average molecular weight is 839 g/mol. The number of allylic oxidation sites excluding steroid dienone is 10. The van der Waals surface area contributed by atoms with Crippen LogP contribution in [0.2, 0.25) is 0 Å². The Balaban J connectivity index is 4.46. The molecule has 0 spiro atoms. The highest BCUT2D eigenvalue weighted by atomic mass is 16.6. The minimum absolute atomic E-state index is 0.0928. The average Bonchev–Trinajstić information content (AvgIpc) is 3.24. The van der Waals surface area contributed by atoms with Crippen LogP contribution < -0.4 is 0 Å². The quantitative estimate of drug-likeness (QED) is 0.0263. The number of esters is 3. The minimum atomic E-state index is -0.797. The van der Waals surface area contributed by atoms with Crippen LogP contribution >= 0.6 is 0 Å². The van der Waals surface area contributed by atoms with Crippen molar-refractivity contribution < 1.29 is 28.6 Å². The first-order valence-corrected chi connectivity index (χ1v) is 25.3. The van der Waals surface area contributed by atoms with Gasteiger partial charge in [-0.15, -0.1) is 0 Å². The van der Waals surface area contributed by atoms with E-state index in [0.29, 0.717) is 19.3 Å². The number of unbranched alkanes of at least 4 members (excludes halogenated alkanes) is 24. The van der Waals surface area contributed by atoms with E-state index >= 15 is 0 Å². The smallest absolute Gasteiger partial charge is 0.306 e. The lowest BCUT2D eigenvalue weighted by Crippen LogP contribution is -2.30. The van der Waals surface area contributed by atoms with E-state index in [1.807, 2.05) is 0 Å². The molecular formula is C54H94O6. The van der Waals surface area contributed by atoms with Gasteiger partial charge < -0.3 is 14.2 Å². The van der Waals surface area contributed by atoms with Crippen molar-refractivity contribution >= 4 is 17.9 Å². The van der Waals surface area contributed by atoms with Gasteiger partial charge in [-0.2, -0.15) is 0 Å². The van der Waals surface area contributed by atoms with Crippen LogP contribution in [0.25, 0.3) is 0 Å². The number of carbonyl (C=O) groups is 3. The summed E-state index contributed by atoms with van der Waals surface area (Å²) in [5.74, 6) is -0.958. The third-order valence-electron chi connectivity index (χ3n) is 10.7. The van der Waals surface area contributed by atoms with Gasteiger partial charge in [0.05, 0.1) is 0 Å². The molecule has 0 aromatic rings. The van der Waals surface area contributed by atoms with Crippen LogP contribution in [0.4, 0.5) is 0 Å². The highest BCUT2D eigenvalue weighted by Crippen LogP contribution is 2.14. The summed E-state index contributed by atoms with van der Waals surface area (Å²) in [5, 5.41) is 0. The van der Waals surface area contributed by atoms with Crippen molar-refractivity contribution in [3.8, 4) is 0 Å². The Morgan fingerprint density at radius 3 is 1.07 bits per heavy atom. The molecule has 0 aromatic heterocycles. The molecule has 0 unspecified atom stereocenters. The summed E-state index contributed by atoms with van der Waals surface area (Å²) in [7, 11) is 0. The molecule has 0 aliphatic heterocycles. The third-order valence-corrected chi connectivity index (χ3v) is 10.7. The van der Waals surface area contributed by atoms with E-state index in [1.165, 1.54) is 122 Å². The molecule has 6 nitrogen and oxygen atoms in total. The third kappa shape index (κ3) is 46.2. The SMILES string of the molecule is CCCCC/C=C\C/C=C\C/C=C\C/C=C\CCCC(=O)OC[C@H](COC(=O)CCCCCCCCCCCCCC)OC(=O)CCCCCCC/C=C\CCCCCC. The molecule has 0 aromatic carbocycles. The van der Waals surface area contributed by atoms with E-state index in [1.54, 1.807) is 0 Å². The minimum Gasteiger partial charge on any atom is -0.462 e. The zero-order valence-corrected chi connectivity index (χ0v) is 39.5. The summed E-state index contributed by atoms with van der Waals surface area (Å²) in [5.41, 5.74) is 0. The molecule has 1 atom stereocenters. The Bertz CT molecular complexity index is 1100. The van der Waals surface area contributed by atoms with Crippen molar-refractivity contribution in [1.29, 1.82) is 0 Å². The first kappa shape index (κ1) is 57.1. The highest BCUT2D eigenvalue weighted by Gasteiger charge is 2.19. The van der Waals surface area contributed by atoms with Crippen molar-refractivity contribution in [2.75, 3.05) is 13.2 Å². The van der Waals surface area contributed by atoms with Crippen LogP contribution in [0.5, 0.6) is 0 Å². The Hall–Kier alpha value is -2.89. The number of carbonyl (C=O) groups excluding carboxylic acids is 3. The van der Waals surface area contributed by atoms with Gasteiger partial charge in [0.25, 0.3) is 0 Å². The van der Waals surface area contributed by atoms with E-state index < -0.39 is 6.10 Å². The molecule has 0 aliphatic rings. The van der Waals surface area contributed by atoms with Gasteiger partial charge in [0, 0.05) is 19.3 Å². The van der Waals surface area contributed by atoms with Crippen LogP contribution in [0, 0.1) is 0 Å². The predicted molar refractivity (Wildman–Crippen MR) is 256 cm³/mol. The van der Waals surface area contributed by atoms with Crippen LogP contribution in [0.1, 0.15) is 245 Å². The van der Waals surface area contributed by atoms with Gasteiger partial charge in [0.15, 0.2) is 6.10 Å². The highest BCUT2D eigenvalue weighted by molar-refractivity contribution is 5.71. The molecule has 0 radical (unpaired) electrons. The molecule has 346 valence electrons. The second kappa shape index (κ2) is 48.8. The van der Waals surface area contributed by atoms with Crippen LogP contribution in [0.15, 0.2) is 60.8 Å². The van der Waals surface area contributed by atoms with Crippen molar-refractivity contribution in [3.05, 3.63) is 60.8 Å². The van der Waals surface area contributed by atoms with Gasteiger partial charge >= 0.3 is 17.9 Å². The second-order valence-electron chi connectivity index (χ2n) is 16.7. The molecule has 0 rings (SSSR count). The summed E-state index contributed by atoms with van der Waals surface area (Å²) in [6.45, 7) is 6.54. The Morgan fingerprint density at radius 1 is 0.333 bits per heavy atom. The zero-order valence-electron chi connectivity index (χ0n) is 39.5. The van der Waals surface area contributed by atoms with E-state index in [2.05, 4.69) is 81.5 Å². The maximum absolute atomic E-state index is 12.8. The molecular weight excluding hydrogens is 745 g/mol. The molecule has 6 heteroatoms. The summed E-state index contributed by atoms with van der Waals surface area (Å²) < 4.78 is 16.7. The molecule has 0 saturated heterocycles. The fourth-order valence-electron chi connectivity index (χ4n) is 6.90. The first-order chi connectivity index (χ1) is 29.5. The van der Waals surface area contributed by atoms with Gasteiger partial charge in [-0.1, -0.05) is 204 Å². The molecule has 0 amide bonds. The van der Waals surface area contributed by atoms with Crippen LogP contribution in [-0.2, 0) is 28.6 Å². The Kier molecular flexibility index (Phi) is 46.4. The summed E-state index contributed by atoms with van der Waals surface area (Å²) in [6.07, 6.45) is 59.2. The normalized spacial score (nSPS) is 12.5. The van der Waals surface area contributed by atoms with Crippen molar-refractivity contribution in [2.45, 2.75) is 252 Å². The Morgan fingerprint density at radius 2 is 0.617 bits per heavy atom. The monoisotopic (exact) mass is 839 g/mol. The van der Waals surface area contributed by atoms with Crippen molar-refractivity contribution in [3.63, 3.8) is 0 Å². The second-order valence-corrected chi connectivity index (χ2v) is 16.7. The summed E-state index contributed by atoms with van der Waals surface area (Å²) in [4.78, 5) is 37.9. The lowest BCUT2D eigenvalue weighted by Gasteiger charge is -2.18. The van der Waals surface area contributed by atoms with Crippen LogP contribution in [0.3, 0.4) is 0 Å². The van der Waals surface area contributed by atoms with Crippen LogP contribution in [-0.4, -0.2) is 37.2 Å². The standard InChI is InChI=1S/C54H94O6/c1-4-7-10-13-16-19-22-25-26-27-28-30-32-35-38-41-44-47-53(56)59-50-51(49-58-52(55)46-43-40-37-34-31-24-21-18-15-12-9-6-3)60-54(57)48-45-42-39-36-33-29-23-20-17-14-11-8-5-2/h16,19-20,23,25-26,28,30,35,38,51H,4-15,17-18,21-22,24,27,29,31-34,36-37,39-50H2,1-3H3/b19-16-,23-20-,26-25-,30-28-,38-35-/t51-/m0/s1. The Labute approximate surface area is 370 Å². The summed E-state index contributed by atoms with van der Waals surface area (Å²) >= 11 is 0. The number of rotatable bonds is 45. The number of hydrogen-bond acceptors (Lipinski definition) is 6. The van der Waals surface area contributed by atoms with E-state index in [0.717, 1.165) is 77.0 Å². The lowest BCUT2D eigenvalue weighted by molar-refractivity contribution is -0.167. The lowest BCUT2D eigenvalue weighted by atomic mass is 10.0. The first-order valence-electron chi connectivity index (χ1n) is 25.3. The van der Waals surface area contributed by atoms with Crippen molar-refractivity contribution in [1.82, 2.24) is 0 Å². The molecule has 60 heavy (non-hydrogen) atoms. The summed E-state index contributed by atoms with van der Waals surface area (Å²) in [6, 6.07) is 0. The van der Waals surface area contributed by atoms with E-state index in [9.17, 15) is 14.4 Å². The fourth-order valence-corrected chi connectivity index (χ4v) is 6.90. The molecule has 0 aliphatic carbocycles. The van der Waals surface area contributed by atoms with Gasteiger partial charge in [-0.05, 0) is 83.5 Å². The van der Waals surface area contributed by atoms with Gasteiger partial charge in [0.2, 0.25) is 0 Å². The maximum atomic E-state index is 12.8. The molecule has 0 bridgehead atoms. The number of ether oxygens (including phenoxy) is 3. The van der Waals surface area contributed by atoms with Gasteiger partial charge in [-0.25, -0.2) is 0 Å². The molecule has 0 fully saturated rings.